The van der Waals surface area contributed by atoms with Crippen LogP contribution in [0, 0.1) is 11.8 Å². The predicted octanol–water partition coefficient (Wildman–Crippen LogP) is 1.19. The van der Waals surface area contributed by atoms with Crippen molar-refractivity contribution in [3.05, 3.63) is 16.4 Å². The number of ether oxygens (including phenoxy) is 1. The molecule has 0 unspecified atom stereocenters. The van der Waals surface area contributed by atoms with Gasteiger partial charge >= 0.3 is 5.97 Å². The van der Waals surface area contributed by atoms with E-state index in [1.54, 1.807) is 18.5 Å². The molecule has 0 fully saturated rings. The van der Waals surface area contributed by atoms with Gasteiger partial charge in [-0.05, 0) is 12.1 Å². The summed E-state index contributed by atoms with van der Waals surface area (Å²) in [4.78, 5) is 24.8. The van der Waals surface area contributed by atoms with Gasteiger partial charge in [0, 0.05) is 14.0 Å². The van der Waals surface area contributed by atoms with Crippen LogP contribution in [0.25, 0.3) is 0 Å². The van der Waals surface area contributed by atoms with E-state index in [9.17, 15) is 9.70 Å². The quantitative estimate of drug-likeness (QED) is 0.538. The summed E-state index contributed by atoms with van der Waals surface area (Å²) >= 11 is 0. The number of imidazole rings is 1. The summed E-state index contributed by atoms with van der Waals surface area (Å²) in [5.74, 6) is 0.328. The molecule has 0 N–H and O–H groups in total. The molecule has 0 saturated carbocycles. The summed E-state index contributed by atoms with van der Waals surface area (Å²) in [6.45, 7) is 3.07. The van der Waals surface area contributed by atoms with Crippen LogP contribution in [-0.2, 0) is 23.2 Å². The van der Waals surface area contributed by atoms with E-state index in [1.807, 2.05) is 0 Å². The van der Waals surface area contributed by atoms with Gasteiger partial charge in [0.1, 0.15) is 18.1 Å². The summed E-state index contributed by atoms with van der Waals surface area (Å²) in [6.07, 6.45) is 0. The topological polar surface area (TPSA) is 73.6 Å². The predicted molar refractivity (Wildman–Crippen MR) is 48.9 cm³/mol. The molecular weight excluding hydrogens is 186 g/mol. The second kappa shape index (κ2) is 3.99. The number of hydrogen-bond acceptors (Lipinski definition) is 5. The molecule has 6 nitrogen and oxygen atoms in total. The highest BCUT2D eigenvalue weighted by Crippen LogP contribution is 2.19. The first-order chi connectivity index (χ1) is 6.56. The molecule has 0 amide bonds. The number of aryl methyl sites for hydroxylation is 1. The molecule has 6 heteroatoms. The number of rotatable bonds is 3. The minimum Gasteiger partial charge on any atom is -0.459 e. The summed E-state index contributed by atoms with van der Waals surface area (Å²) < 4.78 is 6.43. The second-order valence-electron chi connectivity index (χ2n) is 2.86. The van der Waals surface area contributed by atoms with Gasteiger partial charge < -0.3 is 9.30 Å². The molecule has 1 aromatic rings. The molecule has 14 heavy (non-hydrogen) atoms. The molecule has 0 aromatic carbocycles. The third-order valence-electron chi connectivity index (χ3n) is 1.91. The maximum absolute atomic E-state index is 10.6. The SMILES string of the molecule is CC(=O)OCc1c(N=O)nc(C)n1C. The summed E-state index contributed by atoms with van der Waals surface area (Å²) in [7, 11) is 1.73. The zero-order chi connectivity index (χ0) is 10.7. The van der Waals surface area contributed by atoms with Crippen LogP contribution >= 0.6 is 0 Å². The van der Waals surface area contributed by atoms with Gasteiger partial charge in [-0.3, -0.25) is 4.79 Å². The fourth-order valence-corrected chi connectivity index (χ4v) is 1.04. The van der Waals surface area contributed by atoms with E-state index in [0.29, 0.717) is 11.5 Å². The molecule has 76 valence electrons. The van der Waals surface area contributed by atoms with Gasteiger partial charge in [-0.1, -0.05) is 0 Å². The van der Waals surface area contributed by atoms with E-state index in [2.05, 4.69) is 10.2 Å². The van der Waals surface area contributed by atoms with Gasteiger partial charge in [0.25, 0.3) is 0 Å². The number of nitroso groups, excluding NO2 is 1. The lowest BCUT2D eigenvalue weighted by Crippen LogP contribution is -2.04. The molecule has 1 rings (SSSR count). The molecule has 0 aliphatic rings. The lowest BCUT2D eigenvalue weighted by molar-refractivity contribution is -0.142. The van der Waals surface area contributed by atoms with Gasteiger partial charge in [0.15, 0.2) is 0 Å². The Labute approximate surface area is 80.9 Å². The van der Waals surface area contributed by atoms with E-state index in [-0.39, 0.29) is 12.4 Å². The zero-order valence-corrected chi connectivity index (χ0v) is 8.27. The Morgan fingerprint density at radius 3 is 2.79 bits per heavy atom. The van der Waals surface area contributed by atoms with Crippen LogP contribution in [0.1, 0.15) is 18.4 Å². The van der Waals surface area contributed by atoms with Crippen LogP contribution in [-0.4, -0.2) is 15.5 Å². The molecule has 0 saturated heterocycles. The zero-order valence-electron chi connectivity index (χ0n) is 8.27. The number of carbonyl (C=O) groups excluding carboxylic acids is 1. The molecule has 1 heterocycles. The maximum Gasteiger partial charge on any atom is 0.303 e. The van der Waals surface area contributed by atoms with Crippen LogP contribution < -0.4 is 0 Å². The molecule has 0 spiro atoms. The van der Waals surface area contributed by atoms with Crippen molar-refractivity contribution in [3.8, 4) is 0 Å². The van der Waals surface area contributed by atoms with Crippen molar-refractivity contribution in [2.45, 2.75) is 20.5 Å². The first kappa shape index (κ1) is 10.4. The first-order valence-corrected chi connectivity index (χ1v) is 4.05. The Morgan fingerprint density at radius 1 is 1.64 bits per heavy atom. The molecule has 0 aliphatic heterocycles. The third kappa shape index (κ3) is 1.95. The van der Waals surface area contributed by atoms with Gasteiger partial charge in [-0.2, -0.15) is 0 Å². The number of esters is 1. The van der Waals surface area contributed by atoms with Gasteiger partial charge in [0.05, 0.1) is 0 Å². The van der Waals surface area contributed by atoms with E-state index < -0.39 is 5.97 Å². The maximum atomic E-state index is 10.6. The van der Waals surface area contributed by atoms with Crippen LogP contribution in [0.4, 0.5) is 5.82 Å². The number of hydrogen-bond donors (Lipinski definition) is 0. The molecule has 0 aliphatic carbocycles. The number of nitrogens with zero attached hydrogens (tertiary/aromatic N) is 3. The van der Waals surface area contributed by atoms with Crippen molar-refractivity contribution in [2.75, 3.05) is 0 Å². The van der Waals surface area contributed by atoms with Gasteiger partial charge in [-0.25, -0.2) is 4.98 Å². The fraction of sp³-hybridized carbons (Fsp3) is 0.500. The fourth-order valence-electron chi connectivity index (χ4n) is 1.04. The van der Waals surface area contributed by atoms with Crippen molar-refractivity contribution in [1.82, 2.24) is 9.55 Å². The average Bonchev–Trinajstić information content (AvgIpc) is 2.40. The average molecular weight is 197 g/mol. The highest BCUT2D eigenvalue weighted by atomic mass is 16.5. The number of carbonyl (C=O) groups is 1. The highest BCUT2D eigenvalue weighted by Gasteiger charge is 2.13. The normalized spacial score (nSPS) is 9.93. The van der Waals surface area contributed by atoms with Crippen LogP contribution in [0.3, 0.4) is 0 Å². The summed E-state index contributed by atoms with van der Waals surface area (Å²) in [5.41, 5.74) is 0.507. The molecule has 0 atom stereocenters. The second-order valence-corrected chi connectivity index (χ2v) is 2.86. The van der Waals surface area contributed by atoms with E-state index >= 15 is 0 Å². The highest BCUT2D eigenvalue weighted by molar-refractivity contribution is 5.66. The van der Waals surface area contributed by atoms with Gasteiger partial charge in [-0.15, -0.1) is 4.91 Å². The molecule has 1 aromatic heterocycles. The van der Waals surface area contributed by atoms with Crippen molar-refractivity contribution in [3.63, 3.8) is 0 Å². The standard InChI is InChI=1S/C8H11N3O3/c1-5-9-8(10-13)7(11(5)3)4-14-6(2)12/h4H2,1-3H3. The lowest BCUT2D eigenvalue weighted by atomic mass is 10.4. The van der Waals surface area contributed by atoms with E-state index in [1.165, 1.54) is 6.92 Å². The smallest absolute Gasteiger partial charge is 0.303 e. The Bertz CT molecular complexity index is 370. The summed E-state index contributed by atoms with van der Waals surface area (Å²) in [5, 5.41) is 2.76. The van der Waals surface area contributed by atoms with E-state index in [4.69, 9.17) is 4.74 Å². The van der Waals surface area contributed by atoms with Crippen molar-refractivity contribution < 1.29 is 9.53 Å². The third-order valence-corrected chi connectivity index (χ3v) is 1.91. The monoisotopic (exact) mass is 197 g/mol. The number of aromatic nitrogens is 2. The van der Waals surface area contributed by atoms with E-state index in [0.717, 1.165) is 0 Å². The largest absolute Gasteiger partial charge is 0.459 e. The molecule has 0 radical (unpaired) electrons. The molecular formula is C8H11N3O3. The minimum atomic E-state index is -0.402. The Hall–Kier alpha value is -1.72. The Kier molecular flexibility index (Phi) is 2.95. The lowest BCUT2D eigenvalue weighted by Gasteiger charge is -2.03. The first-order valence-electron chi connectivity index (χ1n) is 4.05. The summed E-state index contributed by atoms with van der Waals surface area (Å²) in [6, 6.07) is 0. The van der Waals surface area contributed by atoms with Crippen LogP contribution in [0.2, 0.25) is 0 Å². The van der Waals surface area contributed by atoms with Crippen molar-refractivity contribution in [1.29, 1.82) is 0 Å². The minimum absolute atomic E-state index is 0.0216. The van der Waals surface area contributed by atoms with Crippen LogP contribution in [0.15, 0.2) is 5.18 Å². The van der Waals surface area contributed by atoms with Crippen LogP contribution in [0.5, 0.6) is 0 Å². The van der Waals surface area contributed by atoms with Crippen molar-refractivity contribution in [2.24, 2.45) is 12.2 Å². The Morgan fingerprint density at radius 2 is 2.29 bits per heavy atom. The van der Waals surface area contributed by atoms with Gasteiger partial charge in [0.2, 0.25) is 5.82 Å². The van der Waals surface area contributed by atoms with Crippen molar-refractivity contribution >= 4 is 11.8 Å². The Balaban J connectivity index is 2.93. The molecule has 0 bridgehead atoms.